The zero-order chi connectivity index (χ0) is 16.8. The zero-order valence-electron chi connectivity index (χ0n) is 13.8. The first-order valence-electron chi connectivity index (χ1n) is 8.05. The normalized spacial score (nSPS) is 20.0. The fraction of sp³-hybridized carbons (Fsp3) is 0.529. The average Bonchev–Trinajstić information content (AvgIpc) is 2.53. The van der Waals surface area contributed by atoms with Crippen molar-refractivity contribution in [2.45, 2.75) is 38.6 Å². The molecule has 1 aromatic rings. The van der Waals surface area contributed by atoms with Gasteiger partial charge in [0.05, 0.1) is 0 Å². The van der Waals surface area contributed by atoms with E-state index in [0.717, 1.165) is 25.7 Å². The monoisotopic (exact) mass is 357 g/mol. The number of carbonyl (C=O) groups excluding carboxylic acids is 2. The summed E-state index contributed by atoms with van der Waals surface area (Å²) in [5.74, 6) is -0.783. The summed E-state index contributed by atoms with van der Waals surface area (Å²) in [6, 6.07) is 4.47. The molecule has 1 aliphatic carbocycles. The molecular formula is C17H25ClFN3O2. The molecular weight excluding hydrogens is 333 g/mol. The number of halogens is 2. The van der Waals surface area contributed by atoms with Gasteiger partial charge in [0.25, 0.3) is 5.91 Å². The fourth-order valence-corrected chi connectivity index (χ4v) is 2.81. The van der Waals surface area contributed by atoms with Gasteiger partial charge in [0.15, 0.2) is 0 Å². The summed E-state index contributed by atoms with van der Waals surface area (Å²) < 4.78 is 13.4. The smallest absolute Gasteiger partial charge is 0.251 e. The maximum atomic E-state index is 13.4. The molecule has 2 rings (SSSR count). The first-order valence-corrected chi connectivity index (χ1v) is 8.05. The second-order valence-electron chi connectivity index (χ2n) is 6.13. The molecule has 4 N–H and O–H groups in total. The van der Waals surface area contributed by atoms with Crippen LogP contribution in [0.3, 0.4) is 0 Å². The number of carbonyl (C=O) groups is 2. The Hall–Kier alpha value is -1.66. The van der Waals surface area contributed by atoms with E-state index in [1.54, 1.807) is 19.1 Å². The Morgan fingerprint density at radius 1 is 1.25 bits per heavy atom. The molecule has 0 aliphatic heterocycles. The minimum atomic E-state index is -0.403. The number of nitrogens with two attached hydrogens (primary N) is 1. The van der Waals surface area contributed by atoms with Crippen molar-refractivity contribution < 1.29 is 14.0 Å². The van der Waals surface area contributed by atoms with Crippen molar-refractivity contribution in [2.75, 3.05) is 13.1 Å². The molecule has 2 amide bonds. The Morgan fingerprint density at radius 3 is 2.62 bits per heavy atom. The van der Waals surface area contributed by atoms with Gasteiger partial charge in [-0.15, -0.1) is 12.4 Å². The molecule has 7 heteroatoms. The van der Waals surface area contributed by atoms with Gasteiger partial charge >= 0.3 is 0 Å². The number of hydrogen-bond acceptors (Lipinski definition) is 3. The second kappa shape index (κ2) is 9.59. The van der Waals surface area contributed by atoms with Gasteiger partial charge < -0.3 is 16.4 Å². The molecule has 0 radical (unpaired) electrons. The lowest BCUT2D eigenvalue weighted by Crippen LogP contribution is -2.40. The standard InChI is InChI=1S/C17H24FN3O2.ClH/c1-11-5-6-13(10-15(11)18)17(23)21-8-7-20-16(22)12-3-2-4-14(19)9-12;/h5-6,10,12,14H,2-4,7-9,19H2,1H3,(H,20,22)(H,21,23);1H. The summed E-state index contributed by atoms with van der Waals surface area (Å²) in [7, 11) is 0. The van der Waals surface area contributed by atoms with Gasteiger partial charge in [0, 0.05) is 30.6 Å². The van der Waals surface area contributed by atoms with E-state index in [4.69, 9.17) is 5.73 Å². The molecule has 1 fully saturated rings. The first kappa shape index (κ1) is 20.4. The van der Waals surface area contributed by atoms with Gasteiger partial charge in [0.1, 0.15) is 5.82 Å². The van der Waals surface area contributed by atoms with E-state index in [1.807, 2.05) is 0 Å². The minimum absolute atomic E-state index is 0. The van der Waals surface area contributed by atoms with Crippen molar-refractivity contribution in [3.8, 4) is 0 Å². The lowest BCUT2D eigenvalue weighted by molar-refractivity contribution is -0.126. The van der Waals surface area contributed by atoms with Crippen molar-refractivity contribution in [3.05, 3.63) is 35.1 Å². The third-order valence-electron chi connectivity index (χ3n) is 4.23. The molecule has 1 aromatic carbocycles. The molecule has 0 bridgehead atoms. The first-order chi connectivity index (χ1) is 11.0. The van der Waals surface area contributed by atoms with E-state index < -0.39 is 5.82 Å². The van der Waals surface area contributed by atoms with Crippen LogP contribution in [0.25, 0.3) is 0 Å². The lowest BCUT2D eigenvalue weighted by atomic mass is 9.85. The van der Waals surface area contributed by atoms with Crippen LogP contribution in [0.2, 0.25) is 0 Å². The van der Waals surface area contributed by atoms with E-state index in [0.29, 0.717) is 18.7 Å². The lowest BCUT2D eigenvalue weighted by Gasteiger charge is -2.25. The summed E-state index contributed by atoms with van der Waals surface area (Å²) in [5.41, 5.74) is 6.65. The van der Waals surface area contributed by atoms with Crippen molar-refractivity contribution in [1.29, 1.82) is 0 Å². The van der Waals surface area contributed by atoms with Gasteiger partial charge in [0.2, 0.25) is 5.91 Å². The summed E-state index contributed by atoms with van der Waals surface area (Å²) in [4.78, 5) is 23.9. The maximum absolute atomic E-state index is 13.4. The number of aryl methyl sites for hydroxylation is 1. The Morgan fingerprint density at radius 2 is 1.96 bits per heavy atom. The average molecular weight is 358 g/mol. The van der Waals surface area contributed by atoms with Crippen molar-refractivity contribution in [1.82, 2.24) is 10.6 Å². The molecule has 0 spiro atoms. The highest BCUT2D eigenvalue weighted by atomic mass is 35.5. The fourth-order valence-electron chi connectivity index (χ4n) is 2.81. The topological polar surface area (TPSA) is 84.2 Å². The summed E-state index contributed by atoms with van der Waals surface area (Å²) in [5, 5.41) is 5.48. The summed E-state index contributed by atoms with van der Waals surface area (Å²) in [6.07, 6.45) is 3.55. The molecule has 1 aliphatic rings. The van der Waals surface area contributed by atoms with Crippen LogP contribution >= 0.6 is 12.4 Å². The van der Waals surface area contributed by atoms with Crippen LogP contribution in [0, 0.1) is 18.7 Å². The Kier molecular flexibility index (Phi) is 8.15. The van der Waals surface area contributed by atoms with E-state index in [9.17, 15) is 14.0 Å². The molecule has 2 unspecified atom stereocenters. The van der Waals surface area contributed by atoms with E-state index in [2.05, 4.69) is 10.6 Å². The van der Waals surface area contributed by atoms with Crippen LogP contribution in [0.1, 0.15) is 41.6 Å². The SMILES string of the molecule is Cc1ccc(C(=O)NCCNC(=O)C2CCCC(N)C2)cc1F.Cl. The molecule has 2 atom stereocenters. The third-order valence-corrected chi connectivity index (χ3v) is 4.23. The number of rotatable bonds is 5. The number of amides is 2. The van der Waals surface area contributed by atoms with Gasteiger partial charge in [-0.3, -0.25) is 9.59 Å². The van der Waals surface area contributed by atoms with Crippen LogP contribution in [0.5, 0.6) is 0 Å². The molecule has 24 heavy (non-hydrogen) atoms. The molecule has 0 aromatic heterocycles. The van der Waals surface area contributed by atoms with Crippen molar-refractivity contribution in [2.24, 2.45) is 11.7 Å². The van der Waals surface area contributed by atoms with Gasteiger partial charge in [-0.25, -0.2) is 4.39 Å². The Balaban J connectivity index is 0.00000288. The van der Waals surface area contributed by atoms with E-state index >= 15 is 0 Å². The molecule has 0 heterocycles. The second-order valence-corrected chi connectivity index (χ2v) is 6.13. The van der Waals surface area contributed by atoms with Gasteiger partial charge in [-0.2, -0.15) is 0 Å². The predicted octanol–water partition coefficient (Wildman–Crippen LogP) is 1.92. The van der Waals surface area contributed by atoms with Crippen LogP contribution < -0.4 is 16.4 Å². The highest BCUT2D eigenvalue weighted by molar-refractivity contribution is 5.94. The number of hydrogen-bond donors (Lipinski definition) is 3. The van der Waals surface area contributed by atoms with Crippen molar-refractivity contribution in [3.63, 3.8) is 0 Å². The van der Waals surface area contributed by atoms with Crippen LogP contribution in [-0.4, -0.2) is 30.9 Å². The van der Waals surface area contributed by atoms with Gasteiger partial charge in [-0.05, 0) is 43.9 Å². The maximum Gasteiger partial charge on any atom is 0.251 e. The number of nitrogens with one attached hydrogen (secondary N) is 2. The van der Waals surface area contributed by atoms with Crippen LogP contribution in [0.15, 0.2) is 18.2 Å². The molecule has 0 saturated heterocycles. The predicted molar refractivity (Wildman–Crippen MR) is 93.7 cm³/mol. The Labute approximate surface area is 148 Å². The number of benzene rings is 1. The van der Waals surface area contributed by atoms with E-state index in [-0.39, 0.29) is 41.7 Å². The zero-order valence-corrected chi connectivity index (χ0v) is 14.6. The van der Waals surface area contributed by atoms with Crippen LogP contribution in [-0.2, 0) is 4.79 Å². The molecule has 5 nitrogen and oxygen atoms in total. The van der Waals surface area contributed by atoms with E-state index in [1.165, 1.54) is 6.07 Å². The quantitative estimate of drug-likeness (QED) is 0.704. The summed E-state index contributed by atoms with van der Waals surface area (Å²) >= 11 is 0. The summed E-state index contributed by atoms with van der Waals surface area (Å²) in [6.45, 7) is 2.30. The third kappa shape index (κ3) is 5.76. The highest BCUT2D eigenvalue weighted by Gasteiger charge is 2.24. The molecule has 134 valence electrons. The Bertz CT molecular complexity index is 583. The van der Waals surface area contributed by atoms with Gasteiger partial charge in [-0.1, -0.05) is 12.5 Å². The highest BCUT2D eigenvalue weighted by Crippen LogP contribution is 2.22. The largest absolute Gasteiger partial charge is 0.354 e. The molecule has 1 saturated carbocycles. The van der Waals surface area contributed by atoms with Crippen LogP contribution in [0.4, 0.5) is 4.39 Å². The van der Waals surface area contributed by atoms with Crippen molar-refractivity contribution >= 4 is 24.2 Å². The minimum Gasteiger partial charge on any atom is -0.354 e.